The highest BCUT2D eigenvalue weighted by Crippen LogP contribution is 2.27. The normalized spacial score (nSPS) is 11.8. The lowest BCUT2D eigenvalue weighted by molar-refractivity contribution is -0.275. The number of hydrogen-bond donors (Lipinski definition) is 1. The minimum Gasteiger partial charge on any atom is -0.491 e. The molecule has 2 aromatic rings. The summed E-state index contributed by atoms with van der Waals surface area (Å²) in [6.45, 7) is 3.45. The SMILES string of the molecule is CC(C)Oc1ccc(NS(=O)(=O)CC(=O)N(C)Cc2ccccc2OC(F)(F)F)cc1. The maximum atomic E-state index is 12.5. The van der Waals surface area contributed by atoms with Crippen LogP contribution >= 0.6 is 0 Å². The van der Waals surface area contributed by atoms with E-state index in [9.17, 15) is 26.4 Å². The Morgan fingerprint density at radius 2 is 1.71 bits per heavy atom. The van der Waals surface area contributed by atoms with Gasteiger partial charge in [0.25, 0.3) is 0 Å². The van der Waals surface area contributed by atoms with Crippen LogP contribution < -0.4 is 14.2 Å². The van der Waals surface area contributed by atoms with Gasteiger partial charge in [0, 0.05) is 24.8 Å². The van der Waals surface area contributed by atoms with E-state index in [2.05, 4.69) is 9.46 Å². The molecule has 0 aliphatic rings. The van der Waals surface area contributed by atoms with Gasteiger partial charge in [0.2, 0.25) is 15.9 Å². The fourth-order valence-corrected chi connectivity index (χ4v) is 3.68. The van der Waals surface area contributed by atoms with E-state index in [4.69, 9.17) is 4.74 Å². The summed E-state index contributed by atoms with van der Waals surface area (Å²) in [6.07, 6.45) is -4.93. The minimum absolute atomic E-state index is 0.0395. The van der Waals surface area contributed by atoms with E-state index in [0.717, 1.165) is 11.0 Å². The third kappa shape index (κ3) is 8.36. The summed E-state index contributed by atoms with van der Waals surface area (Å²) in [5.74, 6) is -1.57. The molecule has 0 saturated carbocycles. The zero-order valence-corrected chi connectivity index (χ0v) is 18.0. The molecule has 0 heterocycles. The van der Waals surface area contributed by atoms with Gasteiger partial charge in [-0.2, -0.15) is 0 Å². The second kappa shape index (κ2) is 9.90. The van der Waals surface area contributed by atoms with Gasteiger partial charge in [0.05, 0.1) is 6.10 Å². The molecule has 170 valence electrons. The predicted octanol–water partition coefficient (Wildman–Crippen LogP) is 3.77. The van der Waals surface area contributed by atoms with Crippen LogP contribution in [-0.4, -0.2) is 44.5 Å². The van der Waals surface area contributed by atoms with Crippen molar-refractivity contribution < 1.29 is 35.9 Å². The first-order valence-corrected chi connectivity index (χ1v) is 10.8. The minimum atomic E-state index is -4.89. The van der Waals surface area contributed by atoms with E-state index in [1.165, 1.54) is 37.4 Å². The first-order valence-electron chi connectivity index (χ1n) is 9.19. The third-order valence-electron chi connectivity index (χ3n) is 3.84. The quantitative estimate of drug-likeness (QED) is 0.616. The van der Waals surface area contributed by atoms with Gasteiger partial charge in [0.1, 0.15) is 17.3 Å². The molecule has 1 amide bonds. The number of benzene rings is 2. The number of rotatable bonds is 9. The van der Waals surface area contributed by atoms with E-state index >= 15 is 0 Å². The smallest absolute Gasteiger partial charge is 0.491 e. The van der Waals surface area contributed by atoms with Crippen molar-refractivity contribution in [3.05, 3.63) is 54.1 Å². The number of alkyl halides is 3. The van der Waals surface area contributed by atoms with E-state index in [1.807, 2.05) is 13.8 Å². The van der Waals surface area contributed by atoms with Gasteiger partial charge in [-0.25, -0.2) is 8.42 Å². The van der Waals surface area contributed by atoms with Gasteiger partial charge >= 0.3 is 6.36 Å². The average Bonchev–Trinajstić information content (AvgIpc) is 2.62. The highest BCUT2D eigenvalue weighted by atomic mass is 32.2. The molecular weight excluding hydrogens is 437 g/mol. The van der Waals surface area contributed by atoms with Crippen molar-refractivity contribution in [2.24, 2.45) is 0 Å². The molecule has 0 aromatic heterocycles. The van der Waals surface area contributed by atoms with Crippen molar-refractivity contribution >= 4 is 21.6 Å². The van der Waals surface area contributed by atoms with Gasteiger partial charge in [-0.05, 0) is 44.2 Å². The summed E-state index contributed by atoms with van der Waals surface area (Å²) >= 11 is 0. The Labute approximate surface area is 178 Å². The lowest BCUT2D eigenvalue weighted by Crippen LogP contribution is -2.34. The van der Waals surface area contributed by atoms with Crippen molar-refractivity contribution in [2.45, 2.75) is 32.9 Å². The molecule has 0 radical (unpaired) electrons. The fourth-order valence-electron chi connectivity index (χ4n) is 2.56. The number of carbonyl (C=O) groups is 1. The molecule has 0 bridgehead atoms. The van der Waals surface area contributed by atoms with Crippen molar-refractivity contribution in [3.8, 4) is 11.5 Å². The predicted molar refractivity (Wildman–Crippen MR) is 109 cm³/mol. The number of hydrogen-bond acceptors (Lipinski definition) is 5. The maximum Gasteiger partial charge on any atom is 0.573 e. The first kappa shape index (κ1) is 24.3. The van der Waals surface area contributed by atoms with E-state index < -0.39 is 33.8 Å². The Balaban J connectivity index is 2.00. The lowest BCUT2D eigenvalue weighted by Gasteiger charge is -2.20. The summed E-state index contributed by atoms with van der Waals surface area (Å²) in [4.78, 5) is 13.4. The Morgan fingerprint density at radius 1 is 1.10 bits per heavy atom. The summed E-state index contributed by atoms with van der Waals surface area (Å²) in [6, 6.07) is 11.5. The van der Waals surface area contributed by atoms with Crippen molar-refractivity contribution in [1.82, 2.24) is 4.90 Å². The summed E-state index contributed by atoms with van der Waals surface area (Å²) < 4.78 is 74.0. The van der Waals surface area contributed by atoms with Crippen LogP contribution in [-0.2, 0) is 21.4 Å². The van der Waals surface area contributed by atoms with Gasteiger partial charge < -0.3 is 14.4 Å². The molecule has 0 fully saturated rings. The number of carbonyl (C=O) groups excluding carboxylic acids is 1. The highest BCUT2D eigenvalue weighted by molar-refractivity contribution is 7.93. The van der Waals surface area contributed by atoms with Gasteiger partial charge in [0.15, 0.2) is 0 Å². The fraction of sp³-hybridized carbons (Fsp3) is 0.350. The number of halogens is 3. The Bertz CT molecular complexity index is 993. The molecule has 2 rings (SSSR count). The monoisotopic (exact) mass is 460 g/mol. The second-order valence-electron chi connectivity index (χ2n) is 6.96. The van der Waals surface area contributed by atoms with Crippen LogP contribution in [0, 0.1) is 0 Å². The number of nitrogens with zero attached hydrogens (tertiary/aromatic N) is 1. The van der Waals surface area contributed by atoms with Crippen LogP contribution in [0.25, 0.3) is 0 Å². The summed E-state index contributed by atoms with van der Waals surface area (Å²) in [7, 11) is -2.75. The second-order valence-corrected chi connectivity index (χ2v) is 8.68. The lowest BCUT2D eigenvalue weighted by atomic mass is 10.2. The van der Waals surface area contributed by atoms with E-state index in [1.54, 1.807) is 12.1 Å². The molecule has 0 atom stereocenters. The van der Waals surface area contributed by atoms with Crippen LogP contribution in [0.3, 0.4) is 0 Å². The molecule has 2 aromatic carbocycles. The van der Waals surface area contributed by atoms with Gasteiger partial charge in [-0.3, -0.25) is 9.52 Å². The van der Waals surface area contributed by atoms with Crippen molar-refractivity contribution in [3.63, 3.8) is 0 Å². The molecule has 11 heteroatoms. The number of nitrogens with one attached hydrogen (secondary N) is 1. The molecule has 31 heavy (non-hydrogen) atoms. The van der Waals surface area contributed by atoms with Gasteiger partial charge in [-0.1, -0.05) is 18.2 Å². The van der Waals surface area contributed by atoms with Crippen LogP contribution in [0.15, 0.2) is 48.5 Å². The van der Waals surface area contributed by atoms with Crippen LogP contribution in [0.1, 0.15) is 19.4 Å². The van der Waals surface area contributed by atoms with Gasteiger partial charge in [-0.15, -0.1) is 13.2 Å². The topological polar surface area (TPSA) is 84.9 Å². The summed E-state index contributed by atoms with van der Waals surface area (Å²) in [5, 5.41) is 0. The average molecular weight is 460 g/mol. The van der Waals surface area contributed by atoms with Crippen molar-refractivity contribution in [2.75, 3.05) is 17.5 Å². The third-order valence-corrected chi connectivity index (χ3v) is 5.02. The molecule has 0 aliphatic carbocycles. The Morgan fingerprint density at radius 3 is 2.29 bits per heavy atom. The number of sulfonamides is 1. The number of anilines is 1. The maximum absolute atomic E-state index is 12.5. The standard InChI is InChI=1S/C20H23F3N2O5S/c1-14(2)29-17-10-8-16(9-11-17)24-31(27,28)13-19(26)25(3)12-15-6-4-5-7-18(15)30-20(21,22)23/h4-11,14,24H,12-13H2,1-3H3. The number of amides is 1. The Kier molecular flexibility index (Phi) is 7.77. The molecule has 0 unspecified atom stereocenters. The molecule has 0 aliphatic heterocycles. The molecular formula is C20H23F3N2O5S. The van der Waals surface area contributed by atoms with Crippen LogP contribution in [0.2, 0.25) is 0 Å². The highest BCUT2D eigenvalue weighted by Gasteiger charge is 2.32. The molecule has 7 nitrogen and oxygen atoms in total. The zero-order valence-electron chi connectivity index (χ0n) is 17.1. The van der Waals surface area contributed by atoms with Crippen molar-refractivity contribution in [1.29, 1.82) is 0 Å². The largest absolute Gasteiger partial charge is 0.573 e. The zero-order chi connectivity index (χ0) is 23.2. The Hall–Kier alpha value is -2.95. The van der Waals surface area contributed by atoms with E-state index in [-0.39, 0.29) is 23.9 Å². The van der Waals surface area contributed by atoms with Crippen LogP contribution in [0.5, 0.6) is 11.5 Å². The van der Waals surface area contributed by atoms with Crippen LogP contribution in [0.4, 0.5) is 18.9 Å². The number of ether oxygens (including phenoxy) is 2. The molecule has 0 spiro atoms. The number of para-hydroxylation sites is 1. The van der Waals surface area contributed by atoms with E-state index in [0.29, 0.717) is 5.75 Å². The first-order chi connectivity index (χ1) is 14.3. The molecule has 1 N–H and O–H groups in total. The summed E-state index contributed by atoms with van der Waals surface area (Å²) in [5.41, 5.74) is 0.331. The molecule has 0 saturated heterocycles.